The van der Waals surface area contributed by atoms with E-state index in [0.29, 0.717) is 49.4 Å². The first-order chi connectivity index (χ1) is 13.8. The lowest BCUT2D eigenvalue weighted by atomic mass is 9.93. The van der Waals surface area contributed by atoms with Crippen LogP contribution in [0.25, 0.3) is 0 Å². The summed E-state index contributed by atoms with van der Waals surface area (Å²) in [5.41, 5.74) is 0.333. The molecule has 7 nitrogen and oxygen atoms in total. The molecule has 1 heterocycles. The van der Waals surface area contributed by atoms with Crippen LogP contribution >= 0.6 is 0 Å². The van der Waals surface area contributed by atoms with Crippen LogP contribution < -0.4 is 10.6 Å². The van der Waals surface area contributed by atoms with Gasteiger partial charge in [0.15, 0.2) is 0 Å². The third-order valence-corrected chi connectivity index (χ3v) is 5.39. The lowest BCUT2D eigenvalue weighted by molar-refractivity contribution is -0.187. The van der Waals surface area contributed by atoms with Gasteiger partial charge in [0.25, 0.3) is 0 Å². The molecule has 0 amide bonds. The maximum Gasteiger partial charge on any atom is 0.411 e. The SMILES string of the molecule is N#Cc1cnc(NC2CCC(OCC(F)(F)F)CC2)nc1NC1CCCC(O)C1. The number of rotatable bonds is 6. The van der Waals surface area contributed by atoms with Gasteiger partial charge in [0.05, 0.1) is 18.4 Å². The van der Waals surface area contributed by atoms with Crippen molar-refractivity contribution in [2.45, 2.75) is 81.8 Å². The first kappa shape index (κ1) is 21.6. The number of hydrogen-bond acceptors (Lipinski definition) is 7. The summed E-state index contributed by atoms with van der Waals surface area (Å²) in [6.45, 7) is -1.21. The van der Waals surface area contributed by atoms with Gasteiger partial charge < -0.3 is 20.5 Å². The van der Waals surface area contributed by atoms with E-state index in [1.807, 2.05) is 0 Å². The molecule has 2 atom stereocenters. The van der Waals surface area contributed by atoms with Crippen molar-refractivity contribution in [2.24, 2.45) is 0 Å². The fourth-order valence-electron chi connectivity index (χ4n) is 3.90. The maximum atomic E-state index is 12.3. The van der Waals surface area contributed by atoms with Gasteiger partial charge >= 0.3 is 6.18 Å². The van der Waals surface area contributed by atoms with Crippen molar-refractivity contribution in [3.63, 3.8) is 0 Å². The Morgan fingerprint density at radius 1 is 1.14 bits per heavy atom. The molecule has 1 aromatic heterocycles. The topological polar surface area (TPSA) is 103 Å². The number of nitrogens with one attached hydrogen (secondary N) is 2. The van der Waals surface area contributed by atoms with Crippen LogP contribution in [0, 0.1) is 11.3 Å². The van der Waals surface area contributed by atoms with E-state index in [1.165, 1.54) is 6.20 Å². The smallest absolute Gasteiger partial charge is 0.393 e. The lowest BCUT2D eigenvalue weighted by Gasteiger charge is -2.30. The molecule has 0 radical (unpaired) electrons. The zero-order valence-corrected chi connectivity index (χ0v) is 16.1. The van der Waals surface area contributed by atoms with Crippen molar-refractivity contribution < 1.29 is 23.0 Å². The van der Waals surface area contributed by atoms with Gasteiger partial charge in [-0.25, -0.2) is 4.98 Å². The summed E-state index contributed by atoms with van der Waals surface area (Å²) in [7, 11) is 0. The predicted molar refractivity (Wildman–Crippen MR) is 100 cm³/mol. The number of ether oxygens (including phenoxy) is 1. The van der Waals surface area contributed by atoms with Crippen molar-refractivity contribution in [1.82, 2.24) is 9.97 Å². The van der Waals surface area contributed by atoms with Gasteiger partial charge in [-0.05, 0) is 51.4 Å². The highest BCUT2D eigenvalue weighted by atomic mass is 19.4. The summed E-state index contributed by atoms with van der Waals surface area (Å²) < 4.78 is 41.7. The number of hydrogen-bond donors (Lipinski definition) is 3. The van der Waals surface area contributed by atoms with Crippen LogP contribution in [0.15, 0.2) is 6.20 Å². The van der Waals surface area contributed by atoms with E-state index >= 15 is 0 Å². The molecule has 0 aromatic carbocycles. The molecule has 2 fully saturated rings. The Morgan fingerprint density at radius 2 is 1.90 bits per heavy atom. The molecule has 29 heavy (non-hydrogen) atoms. The van der Waals surface area contributed by atoms with Crippen molar-refractivity contribution in [3.05, 3.63) is 11.8 Å². The average molecular weight is 413 g/mol. The van der Waals surface area contributed by atoms with E-state index < -0.39 is 12.8 Å². The second kappa shape index (κ2) is 9.59. The third-order valence-electron chi connectivity index (χ3n) is 5.39. The molecule has 3 N–H and O–H groups in total. The quantitative estimate of drug-likeness (QED) is 0.657. The first-order valence-electron chi connectivity index (χ1n) is 9.99. The van der Waals surface area contributed by atoms with Crippen molar-refractivity contribution in [3.8, 4) is 6.07 Å². The number of aromatic nitrogens is 2. The van der Waals surface area contributed by atoms with Gasteiger partial charge in [0.1, 0.15) is 24.1 Å². The summed E-state index contributed by atoms with van der Waals surface area (Å²) in [5.74, 6) is 0.814. The minimum Gasteiger partial charge on any atom is -0.393 e. The van der Waals surface area contributed by atoms with E-state index in [2.05, 4.69) is 26.7 Å². The van der Waals surface area contributed by atoms with Crippen molar-refractivity contribution in [2.75, 3.05) is 17.2 Å². The normalized spacial score (nSPS) is 27.8. The molecule has 0 spiro atoms. The van der Waals surface area contributed by atoms with Gasteiger partial charge in [-0.3, -0.25) is 0 Å². The minimum absolute atomic E-state index is 0.0398. The summed E-state index contributed by atoms with van der Waals surface area (Å²) in [5, 5.41) is 25.6. The molecular weight excluding hydrogens is 387 g/mol. The molecule has 1 aromatic rings. The zero-order valence-electron chi connectivity index (χ0n) is 16.1. The van der Waals surface area contributed by atoms with E-state index in [9.17, 15) is 23.5 Å². The highest BCUT2D eigenvalue weighted by molar-refractivity contribution is 5.54. The molecule has 0 saturated heterocycles. The van der Waals surface area contributed by atoms with Gasteiger partial charge in [-0.2, -0.15) is 23.4 Å². The van der Waals surface area contributed by atoms with E-state index in [1.54, 1.807) is 0 Å². The van der Waals surface area contributed by atoms with Gasteiger partial charge in [0, 0.05) is 12.1 Å². The van der Waals surface area contributed by atoms with E-state index in [0.717, 1.165) is 19.3 Å². The van der Waals surface area contributed by atoms with E-state index in [-0.39, 0.29) is 24.3 Å². The summed E-state index contributed by atoms with van der Waals surface area (Å²) >= 11 is 0. The van der Waals surface area contributed by atoms with Crippen molar-refractivity contribution >= 4 is 11.8 Å². The minimum atomic E-state index is -4.30. The van der Waals surface area contributed by atoms with Gasteiger partial charge in [-0.1, -0.05) is 0 Å². The predicted octanol–water partition coefficient (Wildman–Crippen LogP) is 3.37. The van der Waals surface area contributed by atoms with Crippen LogP contribution in [0.5, 0.6) is 0 Å². The number of anilines is 2. The maximum absolute atomic E-state index is 12.3. The number of nitrogens with zero attached hydrogens (tertiary/aromatic N) is 3. The fourth-order valence-corrected chi connectivity index (χ4v) is 3.90. The Hall–Kier alpha value is -2.12. The summed E-state index contributed by atoms with van der Waals surface area (Å²) in [6, 6.07) is 2.16. The van der Waals surface area contributed by atoms with Crippen LogP contribution in [-0.2, 0) is 4.74 Å². The van der Waals surface area contributed by atoms with Crippen LogP contribution in [0.4, 0.5) is 24.9 Å². The van der Waals surface area contributed by atoms with Crippen molar-refractivity contribution in [1.29, 1.82) is 5.26 Å². The van der Waals surface area contributed by atoms with E-state index in [4.69, 9.17) is 4.74 Å². The Balaban J connectivity index is 1.54. The molecule has 2 unspecified atom stereocenters. The van der Waals surface area contributed by atoms with Crippen LogP contribution in [0.1, 0.15) is 56.9 Å². The molecule has 3 rings (SSSR count). The summed E-state index contributed by atoms with van der Waals surface area (Å²) in [6.07, 6.45) is 2.02. The monoisotopic (exact) mass is 413 g/mol. The Labute approximate surface area is 167 Å². The highest BCUT2D eigenvalue weighted by Gasteiger charge is 2.31. The standard InChI is InChI=1S/C19H26F3N5O2/c20-19(21,22)11-29-16-6-4-13(5-7-16)26-18-24-10-12(9-23)17(27-18)25-14-2-1-3-15(28)8-14/h10,13-16,28H,1-8,11H2,(H2,24,25,26,27). The summed E-state index contributed by atoms with van der Waals surface area (Å²) in [4.78, 5) is 8.61. The highest BCUT2D eigenvalue weighted by Crippen LogP contribution is 2.27. The molecule has 2 aliphatic carbocycles. The number of alkyl halides is 3. The fraction of sp³-hybridized carbons (Fsp3) is 0.737. The number of halogens is 3. The first-order valence-corrected chi connectivity index (χ1v) is 9.99. The molecule has 0 aliphatic heterocycles. The zero-order chi connectivity index (χ0) is 20.9. The molecule has 160 valence electrons. The molecule has 10 heteroatoms. The van der Waals surface area contributed by atoms with Crippen LogP contribution in [0.3, 0.4) is 0 Å². The largest absolute Gasteiger partial charge is 0.411 e. The van der Waals surface area contributed by atoms with Crippen LogP contribution in [0.2, 0.25) is 0 Å². The van der Waals surface area contributed by atoms with Crippen LogP contribution in [-0.4, -0.2) is 52.1 Å². The average Bonchev–Trinajstić information content (AvgIpc) is 2.67. The molecule has 2 saturated carbocycles. The number of aliphatic hydroxyl groups excluding tert-OH is 1. The van der Waals surface area contributed by atoms with Gasteiger partial charge in [0.2, 0.25) is 5.95 Å². The second-order valence-corrected chi connectivity index (χ2v) is 7.77. The Morgan fingerprint density at radius 3 is 2.55 bits per heavy atom. The Kier molecular flexibility index (Phi) is 7.14. The second-order valence-electron chi connectivity index (χ2n) is 7.77. The molecular formula is C19H26F3N5O2. The molecule has 2 aliphatic rings. The number of aliphatic hydroxyl groups is 1. The third kappa shape index (κ3) is 6.72. The number of nitriles is 1. The molecule has 0 bridgehead atoms. The van der Waals surface area contributed by atoms with Gasteiger partial charge in [-0.15, -0.1) is 0 Å². The Bertz CT molecular complexity index is 717. The lowest BCUT2D eigenvalue weighted by Crippen LogP contribution is -2.33.